The Morgan fingerprint density at radius 2 is 2.15 bits per heavy atom. The molecule has 0 atom stereocenters. The molecule has 1 amide bonds. The first-order valence-electron chi connectivity index (χ1n) is 6.08. The number of aromatic nitrogens is 2. The fourth-order valence-electron chi connectivity index (χ4n) is 1.43. The lowest BCUT2D eigenvalue weighted by molar-refractivity contribution is 0.102. The summed E-state index contributed by atoms with van der Waals surface area (Å²) in [5, 5.41) is 10.3. The Bertz CT molecular complexity index is 601. The molecule has 0 bridgehead atoms. The molecule has 1 heterocycles. The molecule has 0 saturated heterocycles. The van der Waals surface area contributed by atoms with Crippen LogP contribution in [0.25, 0.3) is 0 Å². The van der Waals surface area contributed by atoms with Crippen LogP contribution in [0.15, 0.2) is 24.3 Å². The highest BCUT2D eigenvalue weighted by Crippen LogP contribution is 2.25. The highest BCUT2D eigenvalue weighted by Gasteiger charge is 2.14. The minimum atomic E-state index is -0.352. The predicted molar refractivity (Wildman–Crippen MR) is 79.6 cm³/mol. The molecule has 2 aromatic rings. The van der Waals surface area contributed by atoms with Crippen LogP contribution in [0.3, 0.4) is 0 Å². The van der Waals surface area contributed by atoms with Gasteiger partial charge in [0.15, 0.2) is 0 Å². The van der Waals surface area contributed by atoms with Crippen molar-refractivity contribution < 1.29 is 9.53 Å². The highest BCUT2D eigenvalue weighted by molar-refractivity contribution is 7.17. The molecule has 0 fully saturated rings. The molecule has 106 valence electrons. The van der Waals surface area contributed by atoms with Gasteiger partial charge >= 0.3 is 0 Å². The number of ether oxygens (including phenoxy) is 1. The quantitative estimate of drug-likeness (QED) is 0.918. The fourth-order valence-corrected chi connectivity index (χ4v) is 2.15. The molecule has 0 radical (unpaired) electrons. The minimum absolute atomic E-state index is 0.216. The molecule has 0 spiro atoms. The van der Waals surface area contributed by atoms with Crippen molar-refractivity contribution in [3.05, 3.63) is 33.7 Å². The zero-order valence-corrected chi connectivity index (χ0v) is 12.7. The third-order valence-electron chi connectivity index (χ3n) is 2.30. The molecule has 20 heavy (non-hydrogen) atoms. The van der Waals surface area contributed by atoms with Crippen LogP contribution in [-0.2, 0) is 0 Å². The molecule has 7 heteroatoms. The molecule has 0 saturated carbocycles. The molecular weight excluding hydrogens is 298 g/mol. The molecule has 1 aromatic heterocycles. The number of carbonyl (C=O) groups excluding carboxylic acids is 1. The molecule has 0 aliphatic carbocycles. The van der Waals surface area contributed by atoms with Crippen molar-refractivity contribution in [1.29, 1.82) is 0 Å². The molecule has 0 aliphatic rings. The summed E-state index contributed by atoms with van der Waals surface area (Å²) in [6, 6.07) is 7.26. The third kappa shape index (κ3) is 3.91. The zero-order chi connectivity index (χ0) is 14.5. The molecule has 5 nitrogen and oxygen atoms in total. The fraction of sp³-hybridized carbons (Fsp3) is 0.308. The van der Waals surface area contributed by atoms with Crippen LogP contribution >= 0.6 is 22.9 Å². The number of amides is 1. The van der Waals surface area contributed by atoms with E-state index in [4.69, 9.17) is 16.3 Å². The largest absolute Gasteiger partial charge is 0.491 e. The van der Waals surface area contributed by atoms with E-state index in [1.54, 1.807) is 6.07 Å². The summed E-state index contributed by atoms with van der Waals surface area (Å²) in [6.07, 6.45) is 0. The van der Waals surface area contributed by atoms with E-state index in [2.05, 4.69) is 29.4 Å². The van der Waals surface area contributed by atoms with Crippen molar-refractivity contribution in [3.63, 3.8) is 0 Å². The maximum absolute atomic E-state index is 12.0. The predicted octanol–water partition coefficient (Wildman–Crippen LogP) is 3.48. The van der Waals surface area contributed by atoms with Crippen molar-refractivity contribution >= 4 is 34.5 Å². The van der Waals surface area contributed by atoms with Crippen molar-refractivity contribution in [2.45, 2.75) is 13.8 Å². The molecule has 1 N–H and O–H groups in total. The highest BCUT2D eigenvalue weighted by atomic mass is 35.5. The van der Waals surface area contributed by atoms with Crippen molar-refractivity contribution in [1.82, 2.24) is 10.2 Å². The average Bonchev–Trinajstić information content (AvgIpc) is 2.84. The number of anilines is 1. The van der Waals surface area contributed by atoms with Crippen LogP contribution < -0.4 is 10.1 Å². The Hall–Kier alpha value is -1.66. The number of hydrogen-bond donors (Lipinski definition) is 1. The van der Waals surface area contributed by atoms with E-state index >= 15 is 0 Å². The molecule has 0 aliphatic heterocycles. The van der Waals surface area contributed by atoms with E-state index in [9.17, 15) is 4.79 Å². The van der Waals surface area contributed by atoms with Crippen LogP contribution in [0.1, 0.15) is 23.6 Å². The number of halogens is 1. The van der Waals surface area contributed by atoms with Crippen molar-refractivity contribution in [3.8, 4) is 5.75 Å². The summed E-state index contributed by atoms with van der Waals surface area (Å²) in [5.74, 6) is 0.681. The molecule has 1 aromatic carbocycles. The standard InChI is InChI=1S/C13H14ClN3O2S/c1-8(2)7-19-10-6-4-3-5-9(10)15-11(18)12-16-17-13(14)20-12/h3-6,8H,7H2,1-2H3,(H,15,18). The third-order valence-corrected chi connectivity index (χ3v) is 3.32. The second kappa shape index (κ2) is 6.67. The summed E-state index contributed by atoms with van der Waals surface area (Å²) >= 11 is 6.69. The van der Waals surface area contributed by atoms with E-state index in [-0.39, 0.29) is 15.4 Å². The Labute approximate surface area is 125 Å². The Morgan fingerprint density at radius 3 is 2.80 bits per heavy atom. The second-order valence-electron chi connectivity index (χ2n) is 4.52. The van der Waals surface area contributed by atoms with Gasteiger partial charge in [0, 0.05) is 0 Å². The van der Waals surface area contributed by atoms with Crippen LogP contribution in [0.2, 0.25) is 4.47 Å². The lowest BCUT2D eigenvalue weighted by Gasteiger charge is -2.13. The molecule has 2 rings (SSSR count). The summed E-state index contributed by atoms with van der Waals surface area (Å²) in [6.45, 7) is 4.70. The summed E-state index contributed by atoms with van der Waals surface area (Å²) in [4.78, 5) is 12.0. The number of hydrogen-bond acceptors (Lipinski definition) is 5. The zero-order valence-electron chi connectivity index (χ0n) is 11.1. The van der Waals surface area contributed by atoms with E-state index in [0.29, 0.717) is 24.0 Å². The number of nitrogens with one attached hydrogen (secondary N) is 1. The molecule has 0 unspecified atom stereocenters. The lowest BCUT2D eigenvalue weighted by atomic mass is 10.2. The monoisotopic (exact) mass is 311 g/mol. The lowest BCUT2D eigenvalue weighted by Crippen LogP contribution is -2.13. The van der Waals surface area contributed by atoms with Crippen molar-refractivity contribution in [2.24, 2.45) is 5.92 Å². The van der Waals surface area contributed by atoms with Gasteiger partial charge in [0.1, 0.15) is 5.75 Å². The van der Waals surface area contributed by atoms with Gasteiger partial charge in [-0.15, -0.1) is 10.2 Å². The van der Waals surface area contributed by atoms with Gasteiger partial charge in [0.05, 0.1) is 12.3 Å². The number of benzene rings is 1. The van der Waals surface area contributed by atoms with Crippen molar-refractivity contribution in [2.75, 3.05) is 11.9 Å². The first kappa shape index (κ1) is 14.7. The van der Waals surface area contributed by atoms with Gasteiger partial charge in [0.2, 0.25) is 9.47 Å². The van der Waals surface area contributed by atoms with Gasteiger partial charge in [-0.05, 0) is 29.7 Å². The average molecular weight is 312 g/mol. The Morgan fingerprint density at radius 1 is 1.40 bits per heavy atom. The summed E-state index contributed by atoms with van der Waals surface area (Å²) < 4.78 is 5.90. The van der Waals surface area contributed by atoms with Gasteiger partial charge in [0.25, 0.3) is 5.91 Å². The second-order valence-corrected chi connectivity index (χ2v) is 6.07. The van der Waals surface area contributed by atoms with Gasteiger partial charge in [-0.2, -0.15) is 0 Å². The number of nitrogens with zero attached hydrogens (tertiary/aromatic N) is 2. The van der Waals surface area contributed by atoms with E-state index < -0.39 is 0 Å². The maximum Gasteiger partial charge on any atom is 0.286 e. The van der Waals surface area contributed by atoms with Crippen LogP contribution in [-0.4, -0.2) is 22.7 Å². The number of para-hydroxylation sites is 2. The first-order valence-corrected chi connectivity index (χ1v) is 7.28. The normalized spacial score (nSPS) is 10.6. The summed E-state index contributed by atoms with van der Waals surface area (Å²) in [7, 11) is 0. The van der Waals surface area contributed by atoms with Gasteiger partial charge in [-0.3, -0.25) is 4.79 Å². The van der Waals surface area contributed by atoms with Crippen LogP contribution in [0.4, 0.5) is 5.69 Å². The summed E-state index contributed by atoms with van der Waals surface area (Å²) in [5.41, 5.74) is 0.601. The van der Waals surface area contributed by atoms with Gasteiger partial charge in [-0.25, -0.2) is 0 Å². The van der Waals surface area contributed by atoms with Crippen LogP contribution in [0, 0.1) is 5.92 Å². The van der Waals surface area contributed by atoms with E-state index in [0.717, 1.165) is 11.3 Å². The minimum Gasteiger partial charge on any atom is -0.491 e. The van der Waals surface area contributed by atoms with Crippen LogP contribution in [0.5, 0.6) is 5.75 Å². The Kier molecular flexibility index (Phi) is 4.92. The SMILES string of the molecule is CC(C)COc1ccccc1NC(=O)c1nnc(Cl)s1. The Balaban J connectivity index is 2.10. The van der Waals surface area contributed by atoms with Gasteiger partial charge in [-0.1, -0.05) is 37.3 Å². The maximum atomic E-state index is 12.0. The number of rotatable bonds is 5. The molecular formula is C13H14ClN3O2S. The topological polar surface area (TPSA) is 64.1 Å². The van der Waals surface area contributed by atoms with Gasteiger partial charge < -0.3 is 10.1 Å². The first-order chi connectivity index (χ1) is 9.56. The van der Waals surface area contributed by atoms with E-state index in [1.165, 1.54) is 0 Å². The smallest absolute Gasteiger partial charge is 0.286 e. The van der Waals surface area contributed by atoms with E-state index in [1.807, 2.05) is 18.2 Å². The number of carbonyl (C=O) groups is 1.